The molecule has 1 aliphatic rings. The van der Waals surface area contributed by atoms with E-state index in [0.717, 1.165) is 25.7 Å². The molecule has 0 unspecified atom stereocenters. The van der Waals surface area contributed by atoms with Crippen molar-refractivity contribution in [1.29, 1.82) is 0 Å². The highest BCUT2D eigenvalue weighted by atomic mass is 16.3. The van der Waals surface area contributed by atoms with E-state index in [4.69, 9.17) is 0 Å². The van der Waals surface area contributed by atoms with Gasteiger partial charge >= 0.3 is 0 Å². The fourth-order valence-corrected chi connectivity index (χ4v) is 2.19. The minimum absolute atomic E-state index is 0.122. The van der Waals surface area contributed by atoms with Crippen LogP contribution < -0.4 is 0 Å². The summed E-state index contributed by atoms with van der Waals surface area (Å²) in [6, 6.07) is 0. The summed E-state index contributed by atoms with van der Waals surface area (Å²) in [6.45, 7) is 3.75. The Morgan fingerprint density at radius 1 is 1.17 bits per heavy atom. The van der Waals surface area contributed by atoms with E-state index in [1.54, 1.807) is 0 Å². The van der Waals surface area contributed by atoms with Crippen molar-refractivity contribution in [3.8, 4) is 0 Å². The van der Waals surface area contributed by atoms with Gasteiger partial charge in [0.25, 0.3) is 0 Å². The average Bonchev–Trinajstić information content (AvgIpc) is 2.04. The van der Waals surface area contributed by atoms with Crippen molar-refractivity contribution in [3.63, 3.8) is 0 Å². The maximum atomic E-state index is 9.93. The van der Waals surface area contributed by atoms with Gasteiger partial charge in [0.2, 0.25) is 0 Å². The van der Waals surface area contributed by atoms with Crippen molar-refractivity contribution in [1.82, 2.24) is 0 Å². The lowest BCUT2D eigenvalue weighted by atomic mass is 9.65. The Bertz CT molecular complexity index is 140. The second-order valence-electron chi connectivity index (χ2n) is 4.56. The molecule has 0 aromatic heterocycles. The first-order valence-corrected chi connectivity index (χ1v) is 4.85. The van der Waals surface area contributed by atoms with Crippen LogP contribution in [0.25, 0.3) is 0 Å². The first kappa shape index (κ1) is 10.0. The van der Waals surface area contributed by atoms with Crippen LogP contribution in [0, 0.1) is 5.41 Å². The number of aliphatic hydroxyl groups is 2. The maximum absolute atomic E-state index is 9.93. The molecule has 2 heteroatoms. The molecular formula is C10H20O2. The molecule has 1 fully saturated rings. The summed E-state index contributed by atoms with van der Waals surface area (Å²) in [4.78, 5) is 0. The molecule has 2 nitrogen and oxygen atoms in total. The number of hydrogen-bond acceptors (Lipinski definition) is 2. The highest BCUT2D eigenvalue weighted by Gasteiger charge is 2.43. The molecule has 0 heterocycles. The Labute approximate surface area is 74.6 Å². The van der Waals surface area contributed by atoms with Crippen LogP contribution in [0.5, 0.6) is 0 Å². The molecule has 1 saturated carbocycles. The molecule has 0 aromatic rings. The summed E-state index contributed by atoms with van der Waals surface area (Å²) < 4.78 is 0. The highest BCUT2D eigenvalue weighted by molar-refractivity contribution is 4.94. The quantitative estimate of drug-likeness (QED) is 0.665. The fraction of sp³-hybridized carbons (Fsp3) is 1.00. The van der Waals surface area contributed by atoms with Gasteiger partial charge in [-0.25, -0.2) is 0 Å². The van der Waals surface area contributed by atoms with Crippen LogP contribution in [0.15, 0.2) is 0 Å². The first-order valence-electron chi connectivity index (χ1n) is 4.85. The minimum Gasteiger partial charge on any atom is -0.396 e. The topological polar surface area (TPSA) is 40.5 Å². The van der Waals surface area contributed by atoms with Crippen molar-refractivity contribution in [2.24, 2.45) is 5.41 Å². The zero-order valence-electron chi connectivity index (χ0n) is 8.14. The monoisotopic (exact) mass is 172 g/mol. The standard InChI is InChI=1S/C10H20O2/c1-9(2,12)10(8-11)6-4-3-5-7-10/h11-12H,3-8H2,1-2H3. The summed E-state index contributed by atoms with van der Waals surface area (Å²) in [5.41, 5.74) is -0.965. The lowest BCUT2D eigenvalue weighted by Gasteiger charge is -2.44. The van der Waals surface area contributed by atoms with Gasteiger partial charge in [-0.15, -0.1) is 0 Å². The largest absolute Gasteiger partial charge is 0.396 e. The van der Waals surface area contributed by atoms with Crippen molar-refractivity contribution in [2.45, 2.75) is 51.6 Å². The van der Waals surface area contributed by atoms with E-state index < -0.39 is 5.60 Å². The van der Waals surface area contributed by atoms with Gasteiger partial charge in [-0.2, -0.15) is 0 Å². The molecule has 0 spiro atoms. The van der Waals surface area contributed by atoms with Crippen LogP contribution in [-0.4, -0.2) is 22.4 Å². The summed E-state index contributed by atoms with van der Waals surface area (Å²) in [5.74, 6) is 0. The summed E-state index contributed by atoms with van der Waals surface area (Å²) in [7, 11) is 0. The van der Waals surface area contributed by atoms with Gasteiger partial charge in [0.15, 0.2) is 0 Å². The first-order chi connectivity index (χ1) is 5.52. The third kappa shape index (κ3) is 1.64. The van der Waals surface area contributed by atoms with Crippen LogP contribution in [0.1, 0.15) is 46.0 Å². The van der Waals surface area contributed by atoms with Crippen LogP contribution >= 0.6 is 0 Å². The minimum atomic E-state index is -0.734. The summed E-state index contributed by atoms with van der Waals surface area (Å²) >= 11 is 0. The Balaban J connectivity index is 2.73. The maximum Gasteiger partial charge on any atom is 0.0669 e. The molecule has 0 atom stereocenters. The SMILES string of the molecule is CC(C)(O)C1(CO)CCCCC1. The van der Waals surface area contributed by atoms with E-state index >= 15 is 0 Å². The number of aliphatic hydroxyl groups excluding tert-OH is 1. The molecule has 2 N–H and O–H groups in total. The van der Waals surface area contributed by atoms with Crippen LogP contribution in [-0.2, 0) is 0 Å². The molecule has 12 heavy (non-hydrogen) atoms. The number of rotatable bonds is 2. The van der Waals surface area contributed by atoms with Crippen molar-refractivity contribution in [3.05, 3.63) is 0 Å². The Morgan fingerprint density at radius 2 is 1.67 bits per heavy atom. The molecule has 0 radical (unpaired) electrons. The van der Waals surface area contributed by atoms with E-state index in [0.29, 0.717) is 0 Å². The molecule has 0 aromatic carbocycles. The summed E-state index contributed by atoms with van der Waals surface area (Å²) in [5, 5.41) is 19.3. The van der Waals surface area contributed by atoms with Gasteiger partial charge in [0.05, 0.1) is 12.2 Å². The van der Waals surface area contributed by atoms with E-state index in [1.165, 1.54) is 6.42 Å². The van der Waals surface area contributed by atoms with Crippen molar-refractivity contribution in [2.75, 3.05) is 6.61 Å². The summed E-state index contributed by atoms with van der Waals surface area (Å²) in [6.07, 6.45) is 5.47. The fourth-order valence-electron chi connectivity index (χ4n) is 2.19. The smallest absolute Gasteiger partial charge is 0.0669 e. The predicted octanol–water partition coefficient (Wildman–Crippen LogP) is 1.70. The molecule has 72 valence electrons. The lowest BCUT2D eigenvalue weighted by Crippen LogP contribution is -2.47. The predicted molar refractivity (Wildman–Crippen MR) is 48.9 cm³/mol. The Hall–Kier alpha value is -0.0800. The molecule has 0 bridgehead atoms. The molecule has 0 saturated heterocycles. The lowest BCUT2D eigenvalue weighted by molar-refractivity contribution is -0.103. The van der Waals surface area contributed by atoms with Gasteiger partial charge in [-0.3, -0.25) is 0 Å². The highest BCUT2D eigenvalue weighted by Crippen LogP contribution is 2.44. The second kappa shape index (κ2) is 3.35. The molecule has 0 amide bonds. The van der Waals surface area contributed by atoms with Gasteiger partial charge in [-0.1, -0.05) is 19.3 Å². The van der Waals surface area contributed by atoms with Gasteiger partial charge < -0.3 is 10.2 Å². The van der Waals surface area contributed by atoms with Gasteiger partial charge in [0, 0.05) is 5.41 Å². The zero-order valence-corrected chi connectivity index (χ0v) is 8.14. The van der Waals surface area contributed by atoms with Crippen LogP contribution in [0.3, 0.4) is 0 Å². The van der Waals surface area contributed by atoms with E-state index in [9.17, 15) is 10.2 Å². The third-order valence-electron chi connectivity index (χ3n) is 3.41. The van der Waals surface area contributed by atoms with E-state index in [2.05, 4.69) is 0 Å². The Kier molecular flexibility index (Phi) is 2.79. The molecule has 0 aliphatic heterocycles. The number of hydrogen-bond donors (Lipinski definition) is 2. The van der Waals surface area contributed by atoms with E-state index in [-0.39, 0.29) is 12.0 Å². The molecular weight excluding hydrogens is 152 g/mol. The molecule has 1 rings (SSSR count). The Morgan fingerprint density at radius 3 is 1.92 bits per heavy atom. The van der Waals surface area contributed by atoms with Gasteiger partial charge in [-0.05, 0) is 26.7 Å². The second-order valence-corrected chi connectivity index (χ2v) is 4.56. The van der Waals surface area contributed by atoms with Crippen molar-refractivity contribution < 1.29 is 10.2 Å². The van der Waals surface area contributed by atoms with Crippen molar-refractivity contribution >= 4 is 0 Å². The normalized spacial score (nSPS) is 24.0. The van der Waals surface area contributed by atoms with Crippen LogP contribution in [0.4, 0.5) is 0 Å². The zero-order chi connectivity index (χ0) is 9.24. The van der Waals surface area contributed by atoms with E-state index in [1.807, 2.05) is 13.8 Å². The average molecular weight is 172 g/mol. The third-order valence-corrected chi connectivity index (χ3v) is 3.41. The van der Waals surface area contributed by atoms with Crippen LogP contribution in [0.2, 0.25) is 0 Å². The molecule has 1 aliphatic carbocycles. The van der Waals surface area contributed by atoms with Gasteiger partial charge in [0.1, 0.15) is 0 Å².